The van der Waals surface area contributed by atoms with Gasteiger partial charge in [-0.15, -0.1) is 0 Å². The number of hydrogen-bond donors (Lipinski definition) is 0. The van der Waals surface area contributed by atoms with Gasteiger partial charge in [0.15, 0.2) is 11.5 Å². The first-order chi connectivity index (χ1) is 14.4. The van der Waals surface area contributed by atoms with Crippen LogP contribution in [-0.2, 0) is 21.9 Å². The van der Waals surface area contributed by atoms with Crippen molar-refractivity contribution >= 4 is 15.9 Å². The Balaban J connectivity index is 1.51. The van der Waals surface area contributed by atoms with Gasteiger partial charge in [0.2, 0.25) is 15.9 Å². The number of carbonyl (C=O) groups is 1. The predicted molar refractivity (Wildman–Crippen MR) is 111 cm³/mol. The van der Waals surface area contributed by atoms with E-state index >= 15 is 0 Å². The summed E-state index contributed by atoms with van der Waals surface area (Å²) in [6.45, 7) is 1.23. The van der Waals surface area contributed by atoms with Crippen molar-refractivity contribution in [2.24, 2.45) is 7.05 Å². The van der Waals surface area contributed by atoms with Crippen molar-refractivity contribution in [3.8, 4) is 11.5 Å². The van der Waals surface area contributed by atoms with Crippen LogP contribution in [0.3, 0.4) is 0 Å². The van der Waals surface area contributed by atoms with Crippen molar-refractivity contribution in [2.75, 3.05) is 33.4 Å². The van der Waals surface area contributed by atoms with Gasteiger partial charge in [0, 0.05) is 38.6 Å². The molecule has 1 aromatic carbocycles. The number of benzene rings is 1. The summed E-state index contributed by atoms with van der Waals surface area (Å²) < 4.78 is 40.2. The molecule has 162 valence electrons. The molecule has 0 radical (unpaired) electrons. The van der Waals surface area contributed by atoms with Crippen LogP contribution >= 0.6 is 0 Å². The molecule has 1 fully saturated rings. The van der Waals surface area contributed by atoms with Crippen LogP contribution in [-0.4, -0.2) is 61.4 Å². The van der Waals surface area contributed by atoms with E-state index in [2.05, 4.69) is 0 Å². The molecule has 0 bridgehead atoms. The van der Waals surface area contributed by atoms with Crippen LogP contribution in [0.4, 0.5) is 0 Å². The number of sulfonamides is 1. The van der Waals surface area contributed by atoms with E-state index in [1.807, 2.05) is 34.8 Å². The molecule has 3 heterocycles. The fraction of sp³-hybridized carbons (Fsp3) is 0.476. The Morgan fingerprint density at radius 1 is 1.17 bits per heavy atom. The van der Waals surface area contributed by atoms with Crippen LogP contribution in [0.25, 0.3) is 0 Å². The normalized spacial score (nSPS) is 19.2. The zero-order valence-electron chi connectivity index (χ0n) is 17.3. The first-order valence-electron chi connectivity index (χ1n) is 10.1. The lowest BCUT2D eigenvalue weighted by Gasteiger charge is -2.37. The van der Waals surface area contributed by atoms with E-state index in [1.54, 1.807) is 6.07 Å². The lowest BCUT2D eigenvalue weighted by Crippen LogP contribution is -2.45. The third-order valence-corrected chi connectivity index (χ3v) is 7.53. The third kappa shape index (κ3) is 3.91. The Hall–Kier alpha value is -2.52. The second-order valence-electron chi connectivity index (χ2n) is 7.71. The van der Waals surface area contributed by atoms with Gasteiger partial charge in [-0.2, -0.15) is 4.31 Å². The zero-order valence-corrected chi connectivity index (χ0v) is 18.1. The van der Waals surface area contributed by atoms with E-state index < -0.39 is 10.0 Å². The average molecular weight is 434 g/mol. The minimum Gasteiger partial charge on any atom is -0.486 e. The SMILES string of the molecule is CN(CC(=O)N1CCCC[C@H]1c1cccn1C)S(=O)(=O)c1ccc2c(c1)OCCO2. The highest BCUT2D eigenvalue weighted by atomic mass is 32.2. The van der Waals surface area contributed by atoms with E-state index in [0.717, 1.165) is 29.3 Å². The summed E-state index contributed by atoms with van der Waals surface area (Å²) in [4.78, 5) is 15.0. The van der Waals surface area contributed by atoms with Gasteiger partial charge in [0.1, 0.15) is 13.2 Å². The minimum atomic E-state index is -3.84. The molecule has 1 amide bonds. The smallest absolute Gasteiger partial charge is 0.243 e. The number of aromatic nitrogens is 1. The summed E-state index contributed by atoms with van der Waals surface area (Å²) in [7, 11) is -0.441. The summed E-state index contributed by atoms with van der Waals surface area (Å²) in [6.07, 6.45) is 4.81. The number of carbonyl (C=O) groups excluding carboxylic acids is 1. The summed E-state index contributed by atoms with van der Waals surface area (Å²) >= 11 is 0. The Labute approximate surface area is 177 Å². The number of fused-ring (bicyclic) bond motifs is 1. The predicted octanol–water partition coefficient (Wildman–Crippen LogP) is 2.17. The second kappa shape index (κ2) is 8.31. The molecule has 2 aliphatic heterocycles. The van der Waals surface area contributed by atoms with Crippen LogP contribution in [0.2, 0.25) is 0 Å². The van der Waals surface area contributed by atoms with E-state index in [1.165, 1.54) is 19.2 Å². The lowest BCUT2D eigenvalue weighted by molar-refractivity contribution is -0.135. The van der Waals surface area contributed by atoms with E-state index in [4.69, 9.17) is 9.47 Å². The molecule has 0 spiro atoms. The standard InChI is InChI=1S/C21H27N3O5S/c1-22-10-5-7-17(22)18-6-3-4-11-24(18)21(25)15-23(2)30(26,27)16-8-9-19-20(14-16)29-13-12-28-19/h5,7-10,14,18H,3-4,6,11-13,15H2,1-2H3/t18-/m0/s1. The summed E-state index contributed by atoms with van der Waals surface area (Å²) in [5.41, 5.74) is 1.07. The number of hydrogen-bond acceptors (Lipinski definition) is 5. The molecule has 1 atom stereocenters. The quantitative estimate of drug-likeness (QED) is 0.722. The van der Waals surface area contributed by atoms with Gasteiger partial charge in [-0.05, 0) is 43.5 Å². The van der Waals surface area contributed by atoms with E-state index in [9.17, 15) is 13.2 Å². The molecule has 2 aromatic rings. The Kier molecular flexibility index (Phi) is 5.75. The Bertz CT molecular complexity index is 1030. The first kappa shape index (κ1) is 20.7. The number of aryl methyl sites for hydroxylation is 1. The molecule has 8 nitrogen and oxygen atoms in total. The Morgan fingerprint density at radius 2 is 1.93 bits per heavy atom. The maximum Gasteiger partial charge on any atom is 0.243 e. The van der Waals surface area contributed by atoms with Crippen LogP contribution in [0.1, 0.15) is 31.0 Å². The van der Waals surface area contributed by atoms with Gasteiger partial charge in [-0.25, -0.2) is 8.42 Å². The fourth-order valence-corrected chi connectivity index (χ4v) is 5.22. The van der Waals surface area contributed by atoms with Crippen molar-refractivity contribution in [3.63, 3.8) is 0 Å². The van der Waals surface area contributed by atoms with Crippen molar-refractivity contribution in [3.05, 3.63) is 42.2 Å². The number of ether oxygens (including phenoxy) is 2. The molecule has 9 heteroatoms. The number of piperidine rings is 1. The molecule has 0 N–H and O–H groups in total. The summed E-state index contributed by atoms with van der Waals surface area (Å²) in [5, 5.41) is 0. The topological polar surface area (TPSA) is 81.1 Å². The monoisotopic (exact) mass is 433 g/mol. The van der Waals surface area contributed by atoms with E-state index in [0.29, 0.717) is 31.3 Å². The fourth-order valence-electron chi connectivity index (χ4n) is 4.09. The zero-order chi connectivity index (χ0) is 21.3. The number of nitrogens with zero attached hydrogens (tertiary/aromatic N) is 3. The van der Waals surface area contributed by atoms with Gasteiger partial charge in [-0.1, -0.05) is 0 Å². The molecule has 30 heavy (non-hydrogen) atoms. The minimum absolute atomic E-state index is 0.0309. The molecule has 1 aromatic heterocycles. The van der Waals surface area contributed by atoms with Gasteiger partial charge < -0.3 is 18.9 Å². The van der Waals surface area contributed by atoms with Crippen LogP contribution < -0.4 is 9.47 Å². The number of rotatable bonds is 5. The second-order valence-corrected chi connectivity index (χ2v) is 9.75. The summed E-state index contributed by atoms with van der Waals surface area (Å²) in [5.74, 6) is 0.740. The van der Waals surface area contributed by atoms with Gasteiger partial charge in [0.25, 0.3) is 0 Å². The molecular formula is C21H27N3O5S. The van der Waals surface area contributed by atoms with Crippen LogP contribution in [0.15, 0.2) is 41.4 Å². The largest absolute Gasteiger partial charge is 0.486 e. The molecule has 1 saturated heterocycles. The van der Waals surface area contributed by atoms with Crippen molar-refractivity contribution in [2.45, 2.75) is 30.2 Å². The number of likely N-dealkylation sites (tertiary alicyclic amines) is 1. The maximum absolute atomic E-state index is 13.1. The lowest BCUT2D eigenvalue weighted by atomic mass is 9.99. The highest BCUT2D eigenvalue weighted by molar-refractivity contribution is 7.89. The average Bonchev–Trinajstić information content (AvgIpc) is 3.19. The highest BCUT2D eigenvalue weighted by Crippen LogP contribution is 2.34. The van der Waals surface area contributed by atoms with Crippen LogP contribution in [0, 0.1) is 0 Å². The van der Waals surface area contributed by atoms with Gasteiger partial charge in [0.05, 0.1) is 17.5 Å². The highest BCUT2D eigenvalue weighted by Gasteiger charge is 2.32. The van der Waals surface area contributed by atoms with Gasteiger partial charge in [-0.3, -0.25) is 4.79 Å². The number of likely N-dealkylation sites (N-methyl/N-ethyl adjacent to an activating group) is 1. The van der Waals surface area contributed by atoms with E-state index in [-0.39, 0.29) is 23.4 Å². The molecule has 0 saturated carbocycles. The first-order valence-corrected chi connectivity index (χ1v) is 11.6. The van der Waals surface area contributed by atoms with Gasteiger partial charge >= 0.3 is 0 Å². The molecule has 2 aliphatic rings. The summed E-state index contributed by atoms with van der Waals surface area (Å²) in [6, 6.07) is 8.48. The maximum atomic E-state index is 13.1. The van der Waals surface area contributed by atoms with Crippen molar-refractivity contribution < 1.29 is 22.7 Å². The van der Waals surface area contributed by atoms with Crippen molar-refractivity contribution in [1.82, 2.24) is 13.8 Å². The van der Waals surface area contributed by atoms with Crippen LogP contribution in [0.5, 0.6) is 11.5 Å². The Morgan fingerprint density at radius 3 is 2.67 bits per heavy atom. The molecular weight excluding hydrogens is 406 g/mol. The van der Waals surface area contributed by atoms with Crippen molar-refractivity contribution in [1.29, 1.82) is 0 Å². The molecule has 4 rings (SSSR count). The molecule has 0 unspecified atom stereocenters. The molecule has 0 aliphatic carbocycles. The third-order valence-electron chi connectivity index (χ3n) is 5.73. The number of amides is 1.